The van der Waals surface area contributed by atoms with Crippen LogP contribution in [0.2, 0.25) is 0 Å². The summed E-state index contributed by atoms with van der Waals surface area (Å²) in [5.41, 5.74) is 7.23. The van der Waals surface area contributed by atoms with Crippen molar-refractivity contribution in [1.82, 2.24) is 4.90 Å². The van der Waals surface area contributed by atoms with Crippen LogP contribution in [0, 0.1) is 0 Å². The molecule has 4 heteroatoms. The molecule has 1 amide bonds. The van der Waals surface area contributed by atoms with Gasteiger partial charge in [-0.05, 0) is 51.4 Å². The highest BCUT2D eigenvalue weighted by molar-refractivity contribution is 5.92. The molecule has 1 aromatic rings. The van der Waals surface area contributed by atoms with Crippen LogP contribution in [0.25, 0.3) is 0 Å². The van der Waals surface area contributed by atoms with Crippen LogP contribution in [-0.2, 0) is 4.79 Å². The van der Waals surface area contributed by atoms with Gasteiger partial charge in [0.1, 0.15) is 0 Å². The number of nitrogens with one attached hydrogen (secondary N) is 1. The van der Waals surface area contributed by atoms with Gasteiger partial charge in [-0.25, -0.2) is 0 Å². The zero-order valence-corrected chi connectivity index (χ0v) is 11.1. The first kappa shape index (κ1) is 12.9. The largest absolute Gasteiger partial charge is 0.399 e. The van der Waals surface area contributed by atoms with Crippen LogP contribution in [0.4, 0.5) is 11.4 Å². The fourth-order valence-electron chi connectivity index (χ4n) is 2.45. The second-order valence-corrected chi connectivity index (χ2v) is 5.51. The van der Waals surface area contributed by atoms with Crippen LogP contribution in [0.15, 0.2) is 24.3 Å². The van der Waals surface area contributed by atoms with E-state index in [1.54, 1.807) is 12.1 Å². The van der Waals surface area contributed by atoms with E-state index in [1.165, 1.54) is 6.42 Å². The van der Waals surface area contributed by atoms with Crippen LogP contribution < -0.4 is 11.1 Å². The molecule has 2 rings (SSSR count). The smallest absolute Gasteiger partial charge is 0.238 e. The maximum Gasteiger partial charge on any atom is 0.238 e. The number of carbonyl (C=O) groups is 1. The molecule has 1 aliphatic rings. The molecule has 0 spiro atoms. The van der Waals surface area contributed by atoms with Gasteiger partial charge in [-0.3, -0.25) is 9.69 Å². The normalized spacial score (nSPS) is 18.8. The monoisotopic (exact) mass is 247 g/mol. The molecule has 1 fully saturated rings. The Kier molecular flexibility index (Phi) is 3.57. The Balaban J connectivity index is 1.93. The first-order chi connectivity index (χ1) is 8.47. The summed E-state index contributed by atoms with van der Waals surface area (Å²) in [5.74, 6) is 0.0237. The number of carbonyl (C=O) groups excluding carboxylic acids is 1. The van der Waals surface area contributed by atoms with E-state index < -0.39 is 0 Å². The van der Waals surface area contributed by atoms with Crippen molar-refractivity contribution in [2.45, 2.75) is 32.2 Å². The zero-order valence-electron chi connectivity index (χ0n) is 11.1. The molecular formula is C14H21N3O. The molecule has 1 aromatic carbocycles. The van der Waals surface area contributed by atoms with Crippen molar-refractivity contribution in [3.05, 3.63) is 24.3 Å². The average Bonchev–Trinajstić information content (AvgIpc) is 2.58. The Morgan fingerprint density at radius 1 is 1.50 bits per heavy atom. The van der Waals surface area contributed by atoms with Gasteiger partial charge in [0, 0.05) is 16.9 Å². The Bertz CT molecular complexity index is 442. The minimum atomic E-state index is 0.0237. The highest BCUT2D eigenvalue weighted by Crippen LogP contribution is 2.27. The lowest BCUT2D eigenvalue weighted by Crippen LogP contribution is -2.42. The van der Waals surface area contributed by atoms with Crippen molar-refractivity contribution in [2.24, 2.45) is 0 Å². The van der Waals surface area contributed by atoms with E-state index in [9.17, 15) is 4.79 Å². The van der Waals surface area contributed by atoms with E-state index >= 15 is 0 Å². The van der Waals surface area contributed by atoms with Crippen LogP contribution in [0.1, 0.15) is 26.7 Å². The fourth-order valence-corrected chi connectivity index (χ4v) is 2.45. The Morgan fingerprint density at radius 2 is 2.28 bits per heavy atom. The van der Waals surface area contributed by atoms with E-state index in [0.29, 0.717) is 12.2 Å². The molecule has 4 nitrogen and oxygen atoms in total. The Morgan fingerprint density at radius 3 is 2.89 bits per heavy atom. The lowest BCUT2D eigenvalue weighted by Gasteiger charge is -2.30. The molecule has 0 atom stereocenters. The lowest BCUT2D eigenvalue weighted by molar-refractivity contribution is -0.118. The summed E-state index contributed by atoms with van der Waals surface area (Å²) in [6.07, 6.45) is 2.32. The van der Waals surface area contributed by atoms with Crippen molar-refractivity contribution in [1.29, 1.82) is 0 Å². The minimum Gasteiger partial charge on any atom is -0.399 e. The first-order valence-corrected chi connectivity index (χ1v) is 6.38. The lowest BCUT2D eigenvalue weighted by atomic mass is 10.0. The molecule has 0 saturated carbocycles. The van der Waals surface area contributed by atoms with Gasteiger partial charge in [0.05, 0.1) is 6.54 Å². The van der Waals surface area contributed by atoms with E-state index in [-0.39, 0.29) is 11.4 Å². The molecule has 3 N–H and O–H groups in total. The third-order valence-corrected chi connectivity index (χ3v) is 3.58. The topological polar surface area (TPSA) is 58.4 Å². The summed E-state index contributed by atoms with van der Waals surface area (Å²) in [5, 5.41) is 2.89. The van der Waals surface area contributed by atoms with Crippen LogP contribution >= 0.6 is 0 Å². The quantitative estimate of drug-likeness (QED) is 0.804. The summed E-state index contributed by atoms with van der Waals surface area (Å²) < 4.78 is 0. The van der Waals surface area contributed by atoms with Crippen LogP contribution in [-0.4, -0.2) is 29.4 Å². The van der Waals surface area contributed by atoms with Gasteiger partial charge < -0.3 is 11.1 Å². The van der Waals surface area contributed by atoms with Crippen molar-refractivity contribution < 1.29 is 4.79 Å². The van der Waals surface area contributed by atoms with Crippen LogP contribution in [0.5, 0.6) is 0 Å². The predicted molar refractivity (Wildman–Crippen MR) is 74.4 cm³/mol. The summed E-state index contributed by atoms with van der Waals surface area (Å²) in [4.78, 5) is 14.2. The van der Waals surface area contributed by atoms with E-state index in [0.717, 1.165) is 18.7 Å². The van der Waals surface area contributed by atoms with Crippen molar-refractivity contribution >= 4 is 17.3 Å². The van der Waals surface area contributed by atoms with Gasteiger partial charge in [-0.1, -0.05) is 6.07 Å². The molecule has 0 unspecified atom stereocenters. The predicted octanol–water partition coefficient (Wildman–Crippen LogP) is 2.08. The summed E-state index contributed by atoms with van der Waals surface area (Å²) >= 11 is 0. The van der Waals surface area contributed by atoms with Gasteiger partial charge >= 0.3 is 0 Å². The number of hydrogen-bond acceptors (Lipinski definition) is 3. The van der Waals surface area contributed by atoms with E-state index in [2.05, 4.69) is 24.1 Å². The fraction of sp³-hybridized carbons (Fsp3) is 0.500. The average molecular weight is 247 g/mol. The SMILES string of the molecule is CC1(C)CCCN1CC(=O)Nc1cccc(N)c1. The molecule has 0 bridgehead atoms. The second kappa shape index (κ2) is 4.98. The molecule has 0 radical (unpaired) electrons. The molecule has 1 aliphatic heterocycles. The van der Waals surface area contributed by atoms with Crippen molar-refractivity contribution in [3.8, 4) is 0 Å². The van der Waals surface area contributed by atoms with Gasteiger partial charge in [0.25, 0.3) is 0 Å². The van der Waals surface area contributed by atoms with Crippen LogP contribution in [0.3, 0.4) is 0 Å². The number of nitrogen functional groups attached to an aromatic ring is 1. The number of nitrogens with two attached hydrogens (primary N) is 1. The summed E-state index contributed by atoms with van der Waals surface area (Å²) in [6.45, 7) is 5.82. The number of rotatable bonds is 3. The molecule has 18 heavy (non-hydrogen) atoms. The number of anilines is 2. The molecule has 0 aromatic heterocycles. The summed E-state index contributed by atoms with van der Waals surface area (Å²) in [7, 11) is 0. The number of nitrogens with zero attached hydrogens (tertiary/aromatic N) is 1. The molecule has 0 aliphatic carbocycles. The van der Waals surface area contributed by atoms with Crippen molar-refractivity contribution in [3.63, 3.8) is 0 Å². The molecule has 1 heterocycles. The van der Waals surface area contributed by atoms with Gasteiger partial charge in [0.15, 0.2) is 0 Å². The third kappa shape index (κ3) is 3.01. The highest BCUT2D eigenvalue weighted by Gasteiger charge is 2.32. The third-order valence-electron chi connectivity index (χ3n) is 3.58. The number of benzene rings is 1. The maximum absolute atomic E-state index is 12.0. The standard InChI is InChI=1S/C14H21N3O/c1-14(2)7-4-8-17(14)10-13(18)16-12-6-3-5-11(15)9-12/h3,5-6,9H,4,7-8,10,15H2,1-2H3,(H,16,18). The van der Waals surface area contributed by atoms with Gasteiger partial charge in [-0.15, -0.1) is 0 Å². The Labute approximate surface area is 108 Å². The molecule has 98 valence electrons. The number of amides is 1. The Hall–Kier alpha value is -1.55. The maximum atomic E-state index is 12.0. The second-order valence-electron chi connectivity index (χ2n) is 5.51. The minimum absolute atomic E-state index is 0.0237. The summed E-state index contributed by atoms with van der Waals surface area (Å²) in [6, 6.07) is 7.26. The highest BCUT2D eigenvalue weighted by atomic mass is 16.2. The zero-order chi connectivity index (χ0) is 13.2. The van der Waals surface area contributed by atoms with E-state index in [4.69, 9.17) is 5.73 Å². The first-order valence-electron chi connectivity index (χ1n) is 6.38. The van der Waals surface area contributed by atoms with Crippen molar-refractivity contribution in [2.75, 3.05) is 24.1 Å². The molecular weight excluding hydrogens is 226 g/mol. The molecule has 1 saturated heterocycles. The number of likely N-dealkylation sites (tertiary alicyclic amines) is 1. The van der Waals surface area contributed by atoms with Gasteiger partial charge in [-0.2, -0.15) is 0 Å². The van der Waals surface area contributed by atoms with E-state index in [1.807, 2.05) is 12.1 Å². The van der Waals surface area contributed by atoms with Gasteiger partial charge in [0.2, 0.25) is 5.91 Å². The number of hydrogen-bond donors (Lipinski definition) is 2.